The Labute approximate surface area is 159 Å². The van der Waals surface area contributed by atoms with Gasteiger partial charge in [-0.2, -0.15) is 0 Å². The normalized spacial score (nSPS) is 13.7. The number of ether oxygens (including phenoxy) is 2. The van der Waals surface area contributed by atoms with Gasteiger partial charge in [0.25, 0.3) is 0 Å². The predicted octanol–water partition coefficient (Wildman–Crippen LogP) is 6.61. The predicted molar refractivity (Wildman–Crippen MR) is 109 cm³/mol. The number of carbonyl (C=O) groups is 1. The van der Waals surface area contributed by atoms with Crippen LogP contribution in [-0.4, -0.2) is 20.1 Å². The van der Waals surface area contributed by atoms with Gasteiger partial charge in [0, 0.05) is 6.42 Å². The van der Waals surface area contributed by atoms with Crippen molar-refractivity contribution in [3.8, 4) is 0 Å². The summed E-state index contributed by atoms with van der Waals surface area (Å²) in [5.41, 5.74) is 0.283. The molecule has 0 saturated heterocycles. The standard InChI is InChI=1S/C21H34O4Si/c1-16(25-26(8,9)21(5,6)7)15-18(17-13-11-10-12-14-17)23-19(22)24-20(2,3)4/h10-14,18H,1,15H2,2-9H3/t18-/m1/s1. The van der Waals surface area contributed by atoms with Gasteiger partial charge in [0.1, 0.15) is 11.7 Å². The van der Waals surface area contributed by atoms with Crippen molar-refractivity contribution in [2.75, 3.05) is 0 Å². The highest BCUT2D eigenvalue weighted by atomic mass is 28.4. The third-order valence-electron chi connectivity index (χ3n) is 4.42. The molecule has 0 aliphatic heterocycles. The first-order chi connectivity index (χ1) is 11.7. The summed E-state index contributed by atoms with van der Waals surface area (Å²) in [4.78, 5) is 12.2. The fourth-order valence-electron chi connectivity index (χ4n) is 2.05. The molecule has 0 aliphatic rings. The average Bonchev–Trinajstić information content (AvgIpc) is 2.43. The molecule has 0 spiro atoms. The van der Waals surface area contributed by atoms with Crippen LogP contribution in [0.3, 0.4) is 0 Å². The summed E-state index contributed by atoms with van der Waals surface area (Å²) in [7, 11) is -1.99. The Kier molecular flexibility index (Phi) is 7.11. The van der Waals surface area contributed by atoms with E-state index in [1.165, 1.54) is 0 Å². The fourth-order valence-corrected chi connectivity index (χ4v) is 3.16. The van der Waals surface area contributed by atoms with Gasteiger partial charge < -0.3 is 13.9 Å². The molecule has 0 N–H and O–H groups in total. The lowest BCUT2D eigenvalue weighted by Gasteiger charge is -2.37. The van der Waals surface area contributed by atoms with Crippen molar-refractivity contribution < 1.29 is 18.7 Å². The molecule has 1 atom stereocenters. The van der Waals surface area contributed by atoms with Crippen LogP contribution in [0.25, 0.3) is 0 Å². The minimum atomic E-state index is -1.99. The lowest BCUT2D eigenvalue weighted by molar-refractivity contribution is -0.0287. The summed E-state index contributed by atoms with van der Waals surface area (Å²) in [5, 5.41) is 0.0736. The lowest BCUT2D eigenvalue weighted by atomic mass is 10.1. The molecule has 0 saturated carbocycles. The number of hydrogen-bond acceptors (Lipinski definition) is 4. The molecular formula is C21H34O4Si. The van der Waals surface area contributed by atoms with E-state index in [9.17, 15) is 4.79 Å². The quantitative estimate of drug-likeness (QED) is 0.317. The summed E-state index contributed by atoms with van der Waals surface area (Å²) in [6, 6.07) is 9.61. The van der Waals surface area contributed by atoms with Crippen LogP contribution in [0.4, 0.5) is 4.79 Å². The second-order valence-corrected chi connectivity index (χ2v) is 13.8. The van der Waals surface area contributed by atoms with E-state index in [0.717, 1.165) is 5.56 Å². The Balaban J connectivity index is 2.90. The Morgan fingerprint density at radius 2 is 1.62 bits per heavy atom. The third-order valence-corrected chi connectivity index (χ3v) is 8.83. The van der Waals surface area contributed by atoms with Crippen LogP contribution in [0.1, 0.15) is 59.6 Å². The number of benzene rings is 1. The third kappa shape index (κ3) is 7.24. The zero-order valence-corrected chi connectivity index (χ0v) is 18.5. The highest BCUT2D eigenvalue weighted by molar-refractivity contribution is 6.74. The van der Waals surface area contributed by atoms with Gasteiger partial charge in [-0.1, -0.05) is 57.7 Å². The highest BCUT2D eigenvalue weighted by Gasteiger charge is 2.39. The molecule has 0 aromatic heterocycles. The first kappa shape index (κ1) is 22.3. The maximum absolute atomic E-state index is 12.2. The van der Waals surface area contributed by atoms with Gasteiger partial charge in [-0.3, -0.25) is 0 Å². The molecule has 0 fully saturated rings. The summed E-state index contributed by atoms with van der Waals surface area (Å²) < 4.78 is 17.1. The van der Waals surface area contributed by atoms with Crippen molar-refractivity contribution >= 4 is 14.5 Å². The van der Waals surface area contributed by atoms with Crippen LogP contribution in [-0.2, 0) is 13.9 Å². The molecule has 1 aromatic carbocycles. The van der Waals surface area contributed by atoms with Crippen molar-refractivity contribution in [3.63, 3.8) is 0 Å². The second kappa shape index (κ2) is 8.29. The van der Waals surface area contributed by atoms with Gasteiger partial charge in [-0.25, -0.2) is 4.79 Å². The van der Waals surface area contributed by atoms with Crippen LogP contribution in [0.15, 0.2) is 42.7 Å². The van der Waals surface area contributed by atoms with Crippen molar-refractivity contribution in [2.24, 2.45) is 0 Å². The van der Waals surface area contributed by atoms with Crippen molar-refractivity contribution in [1.29, 1.82) is 0 Å². The molecule has 0 bridgehead atoms. The van der Waals surface area contributed by atoms with E-state index >= 15 is 0 Å². The van der Waals surface area contributed by atoms with Crippen LogP contribution < -0.4 is 0 Å². The lowest BCUT2D eigenvalue weighted by Crippen LogP contribution is -2.40. The van der Waals surface area contributed by atoms with Crippen LogP contribution in [0.5, 0.6) is 0 Å². The molecule has 0 radical (unpaired) electrons. The monoisotopic (exact) mass is 378 g/mol. The molecular weight excluding hydrogens is 344 g/mol. The van der Waals surface area contributed by atoms with E-state index < -0.39 is 26.2 Å². The summed E-state index contributed by atoms with van der Waals surface area (Å²) in [6.45, 7) is 20.4. The van der Waals surface area contributed by atoms with Gasteiger partial charge in [0.05, 0.1) is 5.76 Å². The molecule has 4 nitrogen and oxygen atoms in total. The molecule has 1 rings (SSSR count). The molecule has 0 unspecified atom stereocenters. The minimum Gasteiger partial charge on any atom is -0.547 e. The van der Waals surface area contributed by atoms with E-state index in [1.54, 1.807) is 0 Å². The molecule has 0 amide bonds. The largest absolute Gasteiger partial charge is 0.547 e. The van der Waals surface area contributed by atoms with E-state index in [1.807, 2.05) is 51.1 Å². The smallest absolute Gasteiger partial charge is 0.509 e. The second-order valence-electron chi connectivity index (χ2n) is 9.09. The maximum atomic E-state index is 12.2. The Morgan fingerprint density at radius 1 is 1.08 bits per heavy atom. The Morgan fingerprint density at radius 3 is 2.08 bits per heavy atom. The molecule has 1 aromatic rings. The van der Waals surface area contributed by atoms with Gasteiger partial charge in [-0.15, -0.1) is 0 Å². The van der Waals surface area contributed by atoms with Gasteiger partial charge in [0.2, 0.25) is 8.32 Å². The molecule has 146 valence electrons. The average molecular weight is 379 g/mol. The zero-order chi connectivity index (χ0) is 20.2. The SMILES string of the molecule is C=C(C[C@@H](OC(=O)OC(C)(C)C)c1ccccc1)O[Si](C)(C)C(C)(C)C. The minimum absolute atomic E-state index is 0.0736. The van der Waals surface area contributed by atoms with Crippen LogP contribution in [0.2, 0.25) is 18.1 Å². The maximum Gasteiger partial charge on any atom is 0.509 e. The Hall–Kier alpha value is -1.75. The van der Waals surface area contributed by atoms with E-state index in [0.29, 0.717) is 12.2 Å². The highest BCUT2D eigenvalue weighted by Crippen LogP contribution is 2.39. The van der Waals surface area contributed by atoms with Crippen molar-refractivity contribution in [3.05, 3.63) is 48.2 Å². The molecule has 0 aliphatic carbocycles. The molecule has 26 heavy (non-hydrogen) atoms. The van der Waals surface area contributed by atoms with Crippen molar-refractivity contribution in [1.82, 2.24) is 0 Å². The van der Waals surface area contributed by atoms with Gasteiger partial charge in [-0.05, 0) is 44.5 Å². The topological polar surface area (TPSA) is 44.8 Å². The van der Waals surface area contributed by atoms with Crippen molar-refractivity contribution in [2.45, 2.75) is 77.8 Å². The number of carbonyl (C=O) groups excluding carboxylic acids is 1. The first-order valence-corrected chi connectivity index (χ1v) is 11.9. The number of hydrogen-bond donors (Lipinski definition) is 0. The zero-order valence-electron chi connectivity index (χ0n) is 17.5. The van der Waals surface area contributed by atoms with Gasteiger partial charge >= 0.3 is 6.16 Å². The fraction of sp³-hybridized carbons (Fsp3) is 0.571. The summed E-state index contributed by atoms with van der Waals surface area (Å²) in [6.07, 6.45) is -0.787. The van der Waals surface area contributed by atoms with E-state index in [-0.39, 0.29) is 5.04 Å². The van der Waals surface area contributed by atoms with E-state index in [2.05, 4.69) is 40.4 Å². The summed E-state index contributed by atoms with van der Waals surface area (Å²) >= 11 is 0. The molecule has 0 heterocycles. The molecule has 5 heteroatoms. The first-order valence-electron chi connectivity index (χ1n) is 9.03. The van der Waals surface area contributed by atoms with Crippen LogP contribution in [0, 0.1) is 0 Å². The summed E-state index contributed by atoms with van der Waals surface area (Å²) in [5.74, 6) is 0.633. The Bertz CT molecular complexity index is 609. The van der Waals surface area contributed by atoms with Crippen LogP contribution >= 0.6 is 0 Å². The van der Waals surface area contributed by atoms with E-state index in [4.69, 9.17) is 13.9 Å². The number of rotatable bonds is 6. The van der Waals surface area contributed by atoms with Gasteiger partial charge in [0.15, 0.2) is 0 Å².